The van der Waals surface area contributed by atoms with Gasteiger partial charge in [-0.1, -0.05) is 85.3 Å². The number of aromatic nitrogens is 6. The van der Waals surface area contributed by atoms with E-state index in [1.165, 1.54) is 73.9 Å². The Morgan fingerprint density at radius 2 is 1.63 bits per heavy atom. The predicted molar refractivity (Wildman–Crippen MR) is 254 cm³/mol. The highest BCUT2D eigenvalue weighted by atomic mass is 35.5. The van der Waals surface area contributed by atoms with E-state index in [2.05, 4.69) is 73.1 Å². The predicted octanol–water partition coefficient (Wildman–Crippen LogP) is 10.9. The van der Waals surface area contributed by atoms with Crippen molar-refractivity contribution in [2.75, 3.05) is 32.7 Å². The van der Waals surface area contributed by atoms with Crippen LogP contribution in [-0.4, -0.2) is 85.4 Å². The molecule has 3 aliphatic rings. The van der Waals surface area contributed by atoms with Crippen LogP contribution in [0.4, 0.5) is 0 Å². The van der Waals surface area contributed by atoms with E-state index in [0.29, 0.717) is 40.0 Å². The summed E-state index contributed by atoms with van der Waals surface area (Å²) in [4.78, 5) is 34.5. The van der Waals surface area contributed by atoms with Crippen LogP contribution in [0.2, 0.25) is 10.0 Å². The lowest BCUT2D eigenvalue weighted by atomic mass is 9.88. The summed E-state index contributed by atoms with van der Waals surface area (Å²) in [6.07, 6.45) is 14.3. The van der Waals surface area contributed by atoms with E-state index in [-0.39, 0.29) is 6.10 Å². The number of nitrogens with zero attached hydrogens (tertiary/aromatic N) is 7. The molecule has 6 heterocycles. The van der Waals surface area contributed by atoms with Crippen LogP contribution < -0.4 is 10.1 Å². The molecule has 6 aromatic rings. The molecule has 2 aromatic carbocycles. The van der Waals surface area contributed by atoms with Crippen molar-refractivity contribution in [3.8, 4) is 22.3 Å². The van der Waals surface area contributed by atoms with Crippen molar-refractivity contribution in [1.29, 1.82) is 0 Å². The third kappa shape index (κ3) is 9.66. The maximum absolute atomic E-state index is 12.7. The van der Waals surface area contributed by atoms with Gasteiger partial charge in [-0.15, -0.1) is 21.5 Å². The number of aldehydes is 1. The van der Waals surface area contributed by atoms with Gasteiger partial charge in [-0.3, -0.25) is 9.56 Å². The van der Waals surface area contributed by atoms with Crippen LogP contribution in [0.1, 0.15) is 121 Å². The van der Waals surface area contributed by atoms with E-state index in [1.54, 1.807) is 11.3 Å². The molecule has 63 heavy (non-hydrogen) atoms. The van der Waals surface area contributed by atoms with Crippen molar-refractivity contribution in [3.63, 3.8) is 0 Å². The number of aliphatic imine (C=N–C) groups is 1. The highest BCUT2D eigenvalue weighted by Gasteiger charge is 2.35. The summed E-state index contributed by atoms with van der Waals surface area (Å²) in [7, 11) is 0. The van der Waals surface area contributed by atoms with Gasteiger partial charge in [0.25, 0.3) is 6.01 Å². The van der Waals surface area contributed by atoms with Crippen LogP contribution >= 0.6 is 34.5 Å². The number of unbranched alkanes of at least 4 members (excludes halogenated alkanes) is 5. The van der Waals surface area contributed by atoms with E-state index < -0.39 is 12.0 Å². The zero-order valence-corrected chi connectivity index (χ0v) is 38.8. The van der Waals surface area contributed by atoms with Crippen LogP contribution in [0.15, 0.2) is 59.6 Å². The van der Waals surface area contributed by atoms with Gasteiger partial charge in [0.2, 0.25) is 0 Å². The summed E-state index contributed by atoms with van der Waals surface area (Å²) in [5.74, 6) is 1.68. The molecule has 14 heteroatoms. The van der Waals surface area contributed by atoms with E-state index in [4.69, 9.17) is 37.9 Å². The Morgan fingerprint density at radius 3 is 2.37 bits per heavy atom. The second-order valence-electron chi connectivity index (χ2n) is 17.6. The number of hydrogen-bond acceptors (Lipinski definition) is 10. The number of hydrogen-bond donors (Lipinski definition) is 2. The number of H-pyrrole nitrogens is 1. The average molecular weight is 907 g/mol. The summed E-state index contributed by atoms with van der Waals surface area (Å²) in [6, 6.07) is 18.6. The fourth-order valence-corrected chi connectivity index (χ4v) is 10.8. The van der Waals surface area contributed by atoms with Crippen LogP contribution in [0.3, 0.4) is 0 Å². The molecule has 2 atom stereocenters. The van der Waals surface area contributed by atoms with E-state index in [0.717, 1.165) is 89.6 Å². The molecule has 2 aliphatic heterocycles. The number of piperidine rings is 1. The van der Waals surface area contributed by atoms with Crippen LogP contribution in [0.5, 0.6) is 6.01 Å². The van der Waals surface area contributed by atoms with Gasteiger partial charge in [0.15, 0.2) is 11.5 Å². The van der Waals surface area contributed by atoms with Gasteiger partial charge in [0.1, 0.15) is 29.3 Å². The molecule has 0 bridgehead atoms. The number of carbonyl (C=O) groups excluding carboxylic acids is 1. The first-order chi connectivity index (χ1) is 30.7. The number of ether oxygens (including phenoxy) is 1. The smallest absolute Gasteiger partial charge is 0.296 e. The Hall–Kier alpha value is -4.46. The minimum atomic E-state index is -0.474. The number of carbonyl (C=O) groups is 1. The molecule has 1 saturated heterocycles. The van der Waals surface area contributed by atoms with Gasteiger partial charge in [-0.2, -0.15) is 4.98 Å². The molecule has 4 aromatic heterocycles. The zero-order chi connectivity index (χ0) is 43.5. The lowest BCUT2D eigenvalue weighted by Crippen LogP contribution is -2.33. The monoisotopic (exact) mass is 905 g/mol. The highest BCUT2D eigenvalue weighted by Crippen LogP contribution is 2.41. The molecule has 0 amide bonds. The SMILES string of the molecule is Cc1sc2c(c1C)C(c1ccc(Cl)cc1)=N[C@@H](C(C=O)CNCCCCCCCCN1CCC(c3ccc(-c4nc5nc(OC6CCC6)[nH]c5cc4Cl)cc3)CC1)c1nnc(C)n1-2. The summed E-state index contributed by atoms with van der Waals surface area (Å²) in [6.45, 7) is 11.1. The molecular formula is C49H57Cl2N9O2S. The molecule has 1 unspecified atom stereocenters. The van der Waals surface area contributed by atoms with Gasteiger partial charge in [-0.25, -0.2) is 4.98 Å². The Labute approximate surface area is 384 Å². The Morgan fingerprint density at radius 1 is 0.905 bits per heavy atom. The number of nitrogens with one attached hydrogen (secondary N) is 2. The second-order valence-corrected chi connectivity index (χ2v) is 19.6. The van der Waals surface area contributed by atoms with Crippen molar-refractivity contribution < 1.29 is 9.53 Å². The average Bonchev–Trinajstić information content (AvgIpc) is 3.92. The molecule has 330 valence electrons. The van der Waals surface area contributed by atoms with Crippen molar-refractivity contribution in [3.05, 3.63) is 103 Å². The molecule has 1 saturated carbocycles. The second kappa shape index (κ2) is 19.7. The van der Waals surface area contributed by atoms with Crippen LogP contribution in [0, 0.1) is 26.7 Å². The summed E-state index contributed by atoms with van der Waals surface area (Å²) in [5.41, 5.74) is 8.67. The maximum atomic E-state index is 12.7. The van der Waals surface area contributed by atoms with E-state index in [9.17, 15) is 4.79 Å². The number of fused-ring (bicyclic) bond motifs is 4. The number of benzene rings is 2. The summed E-state index contributed by atoms with van der Waals surface area (Å²) in [5, 5.41) is 15.0. The lowest BCUT2D eigenvalue weighted by Gasteiger charge is -2.32. The lowest BCUT2D eigenvalue weighted by molar-refractivity contribution is -0.111. The van der Waals surface area contributed by atoms with E-state index in [1.807, 2.05) is 37.3 Å². The highest BCUT2D eigenvalue weighted by molar-refractivity contribution is 7.15. The first-order valence-corrected chi connectivity index (χ1v) is 24.4. The molecule has 0 radical (unpaired) electrons. The zero-order valence-electron chi connectivity index (χ0n) is 36.5. The Kier molecular flexibility index (Phi) is 13.7. The minimum Gasteiger partial charge on any atom is -0.461 e. The van der Waals surface area contributed by atoms with Crippen molar-refractivity contribution in [1.82, 2.24) is 39.9 Å². The van der Waals surface area contributed by atoms with Crippen molar-refractivity contribution in [2.45, 2.75) is 109 Å². The quantitative estimate of drug-likeness (QED) is 0.0645. The van der Waals surface area contributed by atoms with Crippen molar-refractivity contribution in [2.24, 2.45) is 10.9 Å². The first kappa shape index (κ1) is 43.8. The Balaban J connectivity index is 0.689. The normalized spacial score (nSPS) is 17.5. The summed E-state index contributed by atoms with van der Waals surface area (Å²) >= 11 is 14.7. The molecular weight excluding hydrogens is 850 g/mol. The number of aromatic amines is 1. The summed E-state index contributed by atoms with van der Waals surface area (Å²) < 4.78 is 8.05. The topological polar surface area (TPSA) is 126 Å². The minimum absolute atomic E-state index is 0.251. The van der Waals surface area contributed by atoms with E-state index >= 15 is 0 Å². The van der Waals surface area contributed by atoms with Gasteiger partial charge in [-0.05, 0) is 127 Å². The molecule has 2 fully saturated rings. The molecule has 2 N–H and O–H groups in total. The fourth-order valence-electron chi connectivity index (χ4n) is 9.24. The number of rotatable bonds is 18. The third-order valence-corrected chi connectivity index (χ3v) is 15.1. The standard InChI is InChI=1S/C49H57Cl2N9O2S/c1-30-31(2)63-48-42(30)44(36-17-19-38(50)20-18-36)54-45(47-58-57-32(3)60(47)48)37(29-61)28-52-23-8-6-4-5-7-9-24-59-25-21-34(22-26-59)33-13-15-35(16-14-33)43-40(51)27-41-46(55-43)56-49(53-41)62-39-11-10-12-39/h13-20,27,29,34,37,39,45,52H,4-12,21-26,28H2,1-3H3,(H,53,55,56)/t37?,45-/m0/s1. The van der Waals surface area contributed by atoms with Gasteiger partial charge >= 0.3 is 0 Å². The third-order valence-electron chi connectivity index (χ3n) is 13.3. The van der Waals surface area contributed by atoms with Crippen molar-refractivity contribution >= 4 is 57.7 Å². The Bertz CT molecular complexity index is 2550. The maximum Gasteiger partial charge on any atom is 0.296 e. The number of thiophene rings is 1. The fraction of sp³-hybridized carbons (Fsp3) is 0.469. The number of pyridine rings is 1. The van der Waals surface area contributed by atoms with Crippen LogP contribution in [0.25, 0.3) is 27.4 Å². The number of halogens is 2. The molecule has 9 rings (SSSR count). The molecule has 11 nitrogen and oxygen atoms in total. The van der Waals surface area contributed by atoms with Crippen LogP contribution in [-0.2, 0) is 4.79 Å². The first-order valence-electron chi connectivity index (χ1n) is 22.8. The molecule has 1 aliphatic carbocycles. The van der Waals surface area contributed by atoms with Gasteiger partial charge in [0.05, 0.1) is 27.9 Å². The van der Waals surface area contributed by atoms with Gasteiger partial charge in [0, 0.05) is 33.1 Å². The largest absolute Gasteiger partial charge is 0.461 e. The number of aryl methyl sites for hydroxylation is 2. The number of imidazole rings is 1. The molecule has 0 spiro atoms. The number of likely N-dealkylation sites (tertiary alicyclic amines) is 1. The van der Waals surface area contributed by atoms with Gasteiger partial charge < -0.3 is 24.7 Å².